The molecule has 0 aromatic carbocycles. The van der Waals surface area contributed by atoms with Crippen LogP contribution in [-0.4, -0.2) is 46.6 Å². The standard InChI is InChI=1S/C11H18N4OS/c1-2-15(8-9-4-3-5-12-6-9)11(16)10-7-13-14-17-10/h7,9,12H,2-6,8H2,1H3. The second kappa shape index (κ2) is 6.07. The molecule has 0 bridgehead atoms. The van der Waals surface area contributed by atoms with Crippen LogP contribution in [0.4, 0.5) is 0 Å². The number of hydrogen-bond acceptors (Lipinski definition) is 5. The Morgan fingerprint density at radius 2 is 2.59 bits per heavy atom. The first-order valence-electron chi connectivity index (χ1n) is 6.08. The van der Waals surface area contributed by atoms with Crippen molar-refractivity contribution in [3.8, 4) is 0 Å². The smallest absolute Gasteiger partial charge is 0.267 e. The topological polar surface area (TPSA) is 58.1 Å². The van der Waals surface area contributed by atoms with Gasteiger partial charge in [-0.3, -0.25) is 4.79 Å². The fourth-order valence-electron chi connectivity index (χ4n) is 2.16. The third kappa shape index (κ3) is 3.23. The molecule has 1 saturated heterocycles. The van der Waals surface area contributed by atoms with Crippen LogP contribution in [0.2, 0.25) is 0 Å². The third-order valence-electron chi connectivity index (χ3n) is 3.12. The van der Waals surface area contributed by atoms with Gasteiger partial charge in [-0.1, -0.05) is 4.49 Å². The van der Waals surface area contributed by atoms with Crippen LogP contribution in [0.25, 0.3) is 0 Å². The van der Waals surface area contributed by atoms with E-state index >= 15 is 0 Å². The zero-order chi connectivity index (χ0) is 12.1. The summed E-state index contributed by atoms with van der Waals surface area (Å²) in [7, 11) is 0. The Bertz CT molecular complexity index is 348. The highest BCUT2D eigenvalue weighted by Crippen LogP contribution is 2.14. The van der Waals surface area contributed by atoms with Crippen molar-refractivity contribution in [2.75, 3.05) is 26.2 Å². The van der Waals surface area contributed by atoms with E-state index in [4.69, 9.17) is 0 Å². The van der Waals surface area contributed by atoms with Crippen molar-refractivity contribution in [2.45, 2.75) is 19.8 Å². The van der Waals surface area contributed by atoms with Crippen LogP contribution in [0.3, 0.4) is 0 Å². The molecule has 94 valence electrons. The van der Waals surface area contributed by atoms with E-state index in [1.54, 1.807) is 6.20 Å². The Labute approximate surface area is 105 Å². The normalized spacial score (nSPS) is 20.2. The largest absolute Gasteiger partial charge is 0.338 e. The molecule has 2 heterocycles. The molecule has 1 aliphatic heterocycles. The summed E-state index contributed by atoms with van der Waals surface area (Å²) in [6.45, 7) is 5.72. The van der Waals surface area contributed by atoms with Crippen LogP contribution in [-0.2, 0) is 0 Å². The number of nitrogens with one attached hydrogen (secondary N) is 1. The number of carbonyl (C=O) groups is 1. The van der Waals surface area contributed by atoms with E-state index in [-0.39, 0.29) is 5.91 Å². The summed E-state index contributed by atoms with van der Waals surface area (Å²) < 4.78 is 3.74. The maximum atomic E-state index is 12.1. The zero-order valence-electron chi connectivity index (χ0n) is 10.1. The molecule has 1 N–H and O–H groups in total. The average Bonchev–Trinajstić information content (AvgIpc) is 2.90. The van der Waals surface area contributed by atoms with Crippen molar-refractivity contribution in [3.63, 3.8) is 0 Å². The lowest BCUT2D eigenvalue weighted by Crippen LogP contribution is -2.40. The molecule has 0 spiro atoms. The Kier molecular flexibility index (Phi) is 4.44. The predicted octanol–water partition coefficient (Wildman–Crippen LogP) is 1.000. The first-order chi connectivity index (χ1) is 8.31. The molecule has 5 nitrogen and oxygen atoms in total. The summed E-state index contributed by atoms with van der Waals surface area (Å²) in [5.41, 5.74) is 0. The fraction of sp³-hybridized carbons (Fsp3) is 0.727. The van der Waals surface area contributed by atoms with Crippen molar-refractivity contribution in [1.82, 2.24) is 19.8 Å². The number of nitrogens with zero attached hydrogens (tertiary/aromatic N) is 3. The van der Waals surface area contributed by atoms with E-state index in [0.29, 0.717) is 10.8 Å². The van der Waals surface area contributed by atoms with Gasteiger partial charge in [0.2, 0.25) is 0 Å². The molecule has 1 aliphatic rings. The summed E-state index contributed by atoms with van der Waals surface area (Å²) >= 11 is 1.17. The molecule has 1 aromatic heterocycles. The van der Waals surface area contributed by atoms with Crippen molar-refractivity contribution in [2.24, 2.45) is 5.92 Å². The lowest BCUT2D eigenvalue weighted by Gasteiger charge is -2.29. The summed E-state index contributed by atoms with van der Waals surface area (Å²) in [6, 6.07) is 0. The minimum atomic E-state index is 0.0630. The van der Waals surface area contributed by atoms with Crippen LogP contribution in [0, 0.1) is 5.92 Å². The first kappa shape index (κ1) is 12.4. The number of amides is 1. The maximum Gasteiger partial charge on any atom is 0.267 e. The van der Waals surface area contributed by atoms with E-state index in [1.165, 1.54) is 24.4 Å². The SMILES string of the molecule is CCN(CC1CCCNC1)C(=O)c1cnns1. The van der Waals surface area contributed by atoms with Crippen molar-refractivity contribution < 1.29 is 4.79 Å². The van der Waals surface area contributed by atoms with Gasteiger partial charge in [0.05, 0.1) is 6.20 Å². The molecule has 0 saturated carbocycles. The molecular formula is C11H18N4OS. The average molecular weight is 254 g/mol. The van der Waals surface area contributed by atoms with E-state index < -0.39 is 0 Å². The second-order valence-corrected chi connectivity index (χ2v) is 5.12. The predicted molar refractivity (Wildman–Crippen MR) is 67.1 cm³/mol. The van der Waals surface area contributed by atoms with Gasteiger partial charge in [0.15, 0.2) is 0 Å². The number of rotatable bonds is 4. The summed E-state index contributed by atoms with van der Waals surface area (Å²) in [4.78, 5) is 14.7. The van der Waals surface area contributed by atoms with Gasteiger partial charge < -0.3 is 10.2 Å². The summed E-state index contributed by atoms with van der Waals surface area (Å²) in [6.07, 6.45) is 3.96. The molecule has 1 fully saturated rings. The van der Waals surface area contributed by atoms with Crippen LogP contribution < -0.4 is 5.32 Å². The highest BCUT2D eigenvalue weighted by Gasteiger charge is 2.21. The Morgan fingerprint density at radius 1 is 1.71 bits per heavy atom. The number of carbonyl (C=O) groups excluding carboxylic acids is 1. The lowest BCUT2D eigenvalue weighted by molar-refractivity contribution is 0.0733. The van der Waals surface area contributed by atoms with Crippen LogP contribution in [0.5, 0.6) is 0 Å². The van der Waals surface area contributed by atoms with Gasteiger partial charge >= 0.3 is 0 Å². The highest BCUT2D eigenvalue weighted by molar-refractivity contribution is 7.07. The van der Waals surface area contributed by atoms with E-state index in [2.05, 4.69) is 14.9 Å². The molecule has 2 rings (SSSR count). The van der Waals surface area contributed by atoms with Gasteiger partial charge in [0, 0.05) is 13.1 Å². The van der Waals surface area contributed by atoms with Crippen LogP contribution >= 0.6 is 11.5 Å². The van der Waals surface area contributed by atoms with Gasteiger partial charge in [0.25, 0.3) is 5.91 Å². The number of aromatic nitrogens is 2. The molecule has 6 heteroatoms. The van der Waals surface area contributed by atoms with E-state index in [1.807, 2.05) is 11.8 Å². The van der Waals surface area contributed by atoms with Crippen LogP contribution in [0.1, 0.15) is 29.4 Å². The molecule has 1 aromatic rings. The number of hydrogen-bond donors (Lipinski definition) is 1. The molecule has 17 heavy (non-hydrogen) atoms. The summed E-state index contributed by atoms with van der Waals surface area (Å²) in [5, 5.41) is 7.09. The zero-order valence-corrected chi connectivity index (χ0v) is 10.9. The van der Waals surface area contributed by atoms with Crippen molar-refractivity contribution in [1.29, 1.82) is 0 Å². The fourth-order valence-corrected chi connectivity index (χ4v) is 2.65. The maximum absolute atomic E-state index is 12.1. The molecule has 0 aliphatic carbocycles. The minimum absolute atomic E-state index is 0.0630. The first-order valence-corrected chi connectivity index (χ1v) is 6.86. The van der Waals surface area contributed by atoms with Crippen molar-refractivity contribution >= 4 is 17.4 Å². The second-order valence-electron chi connectivity index (χ2n) is 4.34. The Morgan fingerprint density at radius 3 is 3.18 bits per heavy atom. The highest BCUT2D eigenvalue weighted by atomic mass is 32.1. The van der Waals surface area contributed by atoms with Crippen LogP contribution in [0.15, 0.2) is 6.20 Å². The van der Waals surface area contributed by atoms with Gasteiger partial charge in [-0.05, 0) is 50.3 Å². The third-order valence-corrected chi connectivity index (χ3v) is 3.77. The molecule has 1 amide bonds. The minimum Gasteiger partial charge on any atom is -0.338 e. The number of piperidine rings is 1. The van der Waals surface area contributed by atoms with Gasteiger partial charge in [-0.2, -0.15) is 0 Å². The lowest BCUT2D eigenvalue weighted by atomic mass is 9.99. The van der Waals surface area contributed by atoms with E-state index in [0.717, 1.165) is 26.2 Å². The molecular weight excluding hydrogens is 236 g/mol. The van der Waals surface area contributed by atoms with Crippen molar-refractivity contribution in [3.05, 3.63) is 11.1 Å². The van der Waals surface area contributed by atoms with E-state index in [9.17, 15) is 4.79 Å². The van der Waals surface area contributed by atoms with Gasteiger partial charge in [0.1, 0.15) is 4.88 Å². The Hall–Kier alpha value is -1.01. The molecule has 1 atom stereocenters. The van der Waals surface area contributed by atoms with Gasteiger partial charge in [-0.15, -0.1) is 5.10 Å². The quantitative estimate of drug-likeness (QED) is 0.871. The molecule has 1 unspecified atom stereocenters. The molecule has 0 radical (unpaired) electrons. The Balaban J connectivity index is 1.93. The monoisotopic (exact) mass is 254 g/mol. The summed E-state index contributed by atoms with van der Waals surface area (Å²) in [5.74, 6) is 0.640. The van der Waals surface area contributed by atoms with Gasteiger partial charge in [-0.25, -0.2) is 0 Å².